The van der Waals surface area contributed by atoms with Gasteiger partial charge in [0.2, 0.25) is 15.9 Å². The highest BCUT2D eigenvalue weighted by Crippen LogP contribution is 2.33. The van der Waals surface area contributed by atoms with Gasteiger partial charge in [-0.25, -0.2) is 13.4 Å². The van der Waals surface area contributed by atoms with Crippen molar-refractivity contribution in [1.29, 1.82) is 5.26 Å². The highest BCUT2D eigenvalue weighted by Gasteiger charge is 2.39. The number of amides is 1. The second kappa shape index (κ2) is 9.88. The number of hydrogen-bond donors (Lipinski definition) is 1. The molecule has 1 saturated heterocycles. The summed E-state index contributed by atoms with van der Waals surface area (Å²) in [6.07, 6.45) is 4.64. The van der Waals surface area contributed by atoms with Gasteiger partial charge in [0.15, 0.2) is 11.6 Å². The molecule has 8 nitrogen and oxygen atoms in total. The molecule has 168 valence electrons. The van der Waals surface area contributed by atoms with Crippen LogP contribution in [0, 0.1) is 30.1 Å². The maximum Gasteiger partial charge on any atom is 0.245 e. The molecule has 1 saturated carbocycles. The van der Waals surface area contributed by atoms with Crippen LogP contribution in [-0.4, -0.2) is 43.9 Å². The van der Waals surface area contributed by atoms with E-state index in [-0.39, 0.29) is 28.8 Å². The number of pyridine rings is 1. The third-order valence-electron chi connectivity index (χ3n) is 6.12. The van der Waals surface area contributed by atoms with E-state index in [1.165, 1.54) is 6.07 Å². The Morgan fingerprint density at radius 3 is 2.48 bits per heavy atom. The minimum absolute atomic E-state index is 0.0189. The number of nitrogens with one attached hydrogen (secondary N) is 1. The quantitative estimate of drug-likeness (QED) is 0.610. The van der Waals surface area contributed by atoms with Crippen molar-refractivity contribution in [2.24, 2.45) is 11.8 Å². The molecule has 1 aromatic rings. The van der Waals surface area contributed by atoms with Gasteiger partial charge in [-0.3, -0.25) is 9.59 Å². The smallest absolute Gasteiger partial charge is 0.245 e. The number of rotatable bonds is 8. The average Bonchev–Trinajstić information content (AvgIpc) is 2.71. The maximum atomic E-state index is 13.4. The molecule has 2 heterocycles. The molecule has 0 unspecified atom stereocenters. The van der Waals surface area contributed by atoms with Gasteiger partial charge in [-0.2, -0.15) is 9.57 Å². The van der Waals surface area contributed by atoms with Gasteiger partial charge < -0.3 is 5.32 Å². The van der Waals surface area contributed by atoms with E-state index in [9.17, 15) is 23.3 Å². The first-order chi connectivity index (χ1) is 14.8. The first-order valence-electron chi connectivity index (χ1n) is 11.0. The van der Waals surface area contributed by atoms with Gasteiger partial charge in [-0.1, -0.05) is 13.3 Å². The summed E-state index contributed by atoms with van der Waals surface area (Å²) >= 11 is 0. The van der Waals surface area contributed by atoms with Crippen LogP contribution in [0.5, 0.6) is 0 Å². The minimum atomic E-state index is -4.01. The molecule has 1 amide bonds. The lowest BCUT2D eigenvalue weighted by molar-refractivity contribution is -0.121. The van der Waals surface area contributed by atoms with Crippen molar-refractivity contribution in [1.82, 2.24) is 10.3 Å². The fourth-order valence-corrected chi connectivity index (χ4v) is 6.02. The molecule has 1 aliphatic carbocycles. The maximum absolute atomic E-state index is 13.4. The summed E-state index contributed by atoms with van der Waals surface area (Å²) in [6, 6.07) is 3.35. The van der Waals surface area contributed by atoms with Crippen LogP contribution < -0.4 is 9.62 Å². The average molecular weight is 447 g/mol. The number of piperidine rings is 1. The third kappa shape index (κ3) is 5.13. The van der Waals surface area contributed by atoms with E-state index in [4.69, 9.17) is 0 Å². The van der Waals surface area contributed by atoms with Crippen LogP contribution in [0.4, 0.5) is 5.82 Å². The van der Waals surface area contributed by atoms with Gasteiger partial charge >= 0.3 is 0 Å². The number of carbonyl (C=O) groups is 2. The highest BCUT2D eigenvalue weighted by atomic mass is 32.2. The molecular formula is C22H30N4O4S. The van der Waals surface area contributed by atoms with Crippen LogP contribution in [-0.2, 0) is 14.8 Å². The molecular weight excluding hydrogens is 416 g/mol. The van der Waals surface area contributed by atoms with Crippen molar-refractivity contribution in [2.75, 3.05) is 23.1 Å². The normalized spacial score (nSPS) is 17.6. The van der Waals surface area contributed by atoms with Gasteiger partial charge in [0.05, 0.1) is 17.0 Å². The highest BCUT2D eigenvalue weighted by molar-refractivity contribution is 7.93. The Labute approximate surface area is 184 Å². The number of nitriles is 1. The van der Waals surface area contributed by atoms with Crippen molar-refractivity contribution in [3.05, 3.63) is 22.9 Å². The Balaban J connectivity index is 2.07. The van der Waals surface area contributed by atoms with Crippen LogP contribution in [0.2, 0.25) is 0 Å². The minimum Gasteiger partial charge on any atom is -0.317 e. The van der Waals surface area contributed by atoms with Crippen LogP contribution >= 0.6 is 0 Å². The number of ketones is 1. The van der Waals surface area contributed by atoms with E-state index in [0.717, 1.165) is 23.6 Å². The summed E-state index contributed by atoms with van der Waals surface area (Å²) in [7, 11) is -4.01. The second-order valence-electron chi connectivity index (χ2n) is 8.48. The van der Waals surface area contributed by atoms with Crippen molar-refractivity contribution < 1.29 is 18.0 Å². The first kappa shape index (κ1) is 23.4. The Morgan fingerprint density at radius 1 is 1.26 bits per heavy atom. The predicted molar refractivity (Wildman–Crippen MR) is 117 cm³/mol. The van der Waals surface area contributed by atoms with Crippen molar-refractivity contribution in [2.45, 2.75) is 58.8 Å². The molecule has 0 radical (unpaired) electrons. The Bertz CT molecular complexity index is 989. The fourth-order valence-electron chi connectivity index (χ4n) is 4.11. The monoisotopic (exact) mass is 446 g/mol. The first-order valence-corrected chi connectivity index (χ1v) is 12.6. The lowest BCUT2D eigenvalue weighted by Crippen LogP contribution is -2.47. The molecule has 2 fully saturated rings. The van der Waals surface area contributed by atoms with Gasteiger partial charge in [0.25, 0.3) is 0 Å². The molecule has 0 spiro atoms. The zero-order valence-electron chi connectivity index (χ0n) is 18.2. The zero-order valence-corrected chi connectivity index (χ0v) is 19.0. The fraction of sp³-hybridized carbons (Fsp3) is 0.636. The number of nitrogens with zero attached hydrogens (tertiary/aromatic N) is 3. The number of aromatic nitrogens is 1. The summed E-state index contributed by atoms with van der Waals surface area (Å²) in [4.78, 5) is 30.2. The van der Waals surface area contributed by atoms with Crippen LogP contribution in [0.15, 0.2) is 6.07 Å². The standard InChI is InChI=1S/C22H30N4O4S/c1-3-5-20(27)19-12-18(13-23)21(25-15(19)2)26(22(28)17-8-10-24-11-9-17)31(29,30)14-16-6-4-7-16/h12,16-17,24H,3-11,14H2,1-2H3. The zero-order chi connectivity index (χ0) is 22.6. The third-order valence-corrected chi connectivity index (χ3v) is 7.92. The topological polar surface area (TPSA) is 120 Å². The van der Waals surface area contributed by atoms with Gasteiger partial charge in [0, 0.05) is 17.9 Å². The van der Waals surface area contributed by atoms with E-state index >= 15 is 0 Å². The predicted octanol–water partition coefficient (Wildman–Crippen LogP) is 2.71. The van der Waals surface area contributed by atoms with Crippen molar-refractivity contribution >= 4 is 27.5 Å². The molecule has 1 aromatic heterocycles. The van der Waals surface area contributed by atoms with E-state index in [2.05, 4.69) is 10.3 Å². The summed E-state index contributed by atoms with van der Waals surface area (Å²) in [5.41, 5.74) is 0.562. The summed E-state index contributed by atoms with van der Waals surface area (Å²) in [6.45, 7) is 4.76. The van der Waals surface area contributed by atoms with Crippen molar-refractivity contribution in [3.63, 3.8) is 0 Å². The number of carbonyl (C=O) groups excluding carboxylic acids is 2. The number of anilines is 1. The number of hydrogen-bond acceptors (Lipinski definition) is 7. The molecule has 1 aliphatic heterocycles. The Morgan fingerprint density at radius 2 is 1.94 bits per heavy atom. The Kier molecular flexibility index (Phi) is 7.44. The summed E-state index contributed by atoms with van der Waals surface area (Å²) < 4.78 is 27.6. The van der Waals surface area contributed by atoms with E-state index < -0.39 is 21.8 Å². The van der Waals surface area contributed by atoms with Crippen molar-refractivity contribution in [3.8, 4) is 6.07 Å². The van der Waals surface area contributed by atoms with Crippen LogP contribution in [0.3, 0.4) is 0 Å². The number of Topliss-reactive ketones (excluding diaryl/α,β-unsaturated/α-hetero) is 1. The number of sulfonamides is 1. The van der Waals surface area contributed by atoms with E-state index in [1.54, 1.807) is 6.92 Å². The van der Waals surface area contributed by atoms with Crippen LogP contribution in [0.25, 0.3) is 0 Å². The SMILES string of the molecule is CCCC(=O)c1cc(C#N)c(N(C(=O)C2CCNCC2)S(=O)(=O)CC2CCC2)nc1C. The van der Waals surface area contributed by atoms with E-state index in [0.29, 0.717) is 50.0 Å². The molecule has 31 heavy (non-hydrogen) atoms. The molecule has 0 aromatic carbocycles. The number of aryl methyl sites for hydroxylation is 1. The molecule has 9 heteroatoms. The summed E-state index contributed by atoms with van der Waals surface area (Å²) in [5.74, 6) is -1.42. The molecule has 0 bridgehead atoms. The second-order valence-corrected chi connectivity index (χ2v) is 10.3. The largest absolute Gasteiger partial charge is 0.317 e. The summed E-state index contributed by atoms with van der Waals surface area (Å²) in [5, 5.41) is 12.9. The van der Waals surface area contributed by atoms with E-state index in [1.807, 2.05) is 13.0 Å². The van der Waals surface area contributed by atoms with Crippen LogP contribution in [0.1, 0.15) is 73.5 Å². The van der Waals surface area contributed by atoms with Gasteiger partial charge in [-0.05, 0) is 64.1 Å². The molecule has 0 atom stereocenters. The lowest BCUT2D eigenvalue weighted by atomic mass is 9.87. The lowest BCUT2D eigenvalue weighted by Gasteiger charge is -2.32. The Hall–Kier alpha value is -2.31. The van der Waals surface area contributed by atoms with Gasteiger partial charge in [-0.15, -0.1) is 0 Å². The van der Waals surface area contributed by atoms with Gasteiger partial charge in [0.1, 0.15) is 6.07 Å². The molecule has 1 N–H and O–H groups in total. The molecule has 2 aliphatic rings. The molecule has 3 rings (SSSR count).